The molecule has 0 aliphatic heterocycles. The lowest BCUT2D eigenvalue weighted by atomic mass is 10.1. The SMILES string of the molecule is COC(=O)c1c(NC(=O)/C=C/c2cccs2)sc(C)c1C. The van der Waals surface area contributed by atoms with Crippen molar-refractivity contribution in [2.45, 2.75) is 13.8 Å². The first-order valence-electron chi connectivity index (χ1n) is 6.23. The quantitative estimate of drug-likeness (QED) is 0.687. The van der Waals surface area contributed by atoms with Crippen LogP contribution in [0.5, 0.6) is 0 Å². The van der Waals surface area contributed by atoms with Crippen LogP contribution in [-0.2, 0) is 9.53 Å². The summed E-state index contributed by atoms with van der Waals surface area (Å²) in [4.78, 5) is 25.7. The molecule has 1 amide bonds. The van der Waals surface area contributed by atoms with Crippen LogP contribution in [0.25, 0.3) is 6.08 Å². The number of thiophene rings is 2. The molecule has 6 heteroatoms. The van der Waals surface area contributed by atoms with Crippen molar-refractivity contribution in [3.63, 3.8) is 0 Å². The van der Waals surface area contributed by atoms with Crippen LogP contribution in [0.1, 0.15) is 25.7 Å². The van der Waals surface area contributed by atoms with Gasteiger partial charge in [-0.25, -0.2) is 4.79 Å². The molecular weight excluding hydrogens is 306 g/mol. The highest BCUT2D eigenvalue weighted by Crippen LogP contribution is 2.32. The maximum Gasteiger partial charge on any atom is 0.341 e. The number of ether oxygens (including phenoxy) is 1. The number of aryl methyl sites for hydroxylation is 1. The van der Waals surface area contributed by atoms with Crippen LogP contribution in [0.4, 0.5) is 5.00 Å². The van der Waals surface area contributed by atoms with Crippen LogP contribution in [0, 0.1) is 13.8 Å². The fourth-order valence-corrected chi connectivity index (χ4v) is 3.43. The van der Waals surface area contributed by atoms with Gasteiger partial charge in [0.25, 0.3) is 0 Å². The lowest BCUT2D eigenvalue weighted by Gasteiger charge is -2.03. The number of methoxy groups -OCH3 is 1. The number of carbonyl (C=O) groups is 2. The minimum Gasteiger partial charge on any atom is -0.465 e. The van der Waals surface area contributed by atoms with Gasteiger partial charge in [0.1, 0.15) is 5.00 Å². The molecule has 0 saturated carbocycles. The van der Waals surface area contributed by atoms with E-state index < -0.39 is 5.97 Å². The second-order valence-corrected chi connectivity index (χ2v) is 6.52. The van der Waals surface area contributed by atoms with E-state index in [-0.39, 0.29) is 5.91 Å². The molecule has 4 nitrogen and oxygen atoms in total. The smallest absolute Gasteiger partial charge is 0.341 e. The number of carbonyl (C=O) groups excluding carboxylic acids is 2. The summed E-state index contributed by atoms with van der Waals surface area (Å²) in [5.74, 6) is -0.704. The Bertz CT molecular complexity index is 684. The van der Waals surface area contributed by atoms with Crippen molar-refractivity contribution >= 4 is 45.6 Å². The Morgan fingerprint density at radius 1 is 1.33 bits per heavy atom. The first-order valence-corrected chi connectivity index (χ1v) is 7.93. The molecule has 0 aliphatic rings. The van der Waals surface area contributed by atoms with Gasteiger partial charge in [-0.2, -0.15) is 0 Å². The number of amides is 1. The summed E-state index contributed by atoms with van der Waals surface area (Å²) < 4.78 is 4.77. The first kappa shape index (κ1) is 15.5. The Labute approximate surface area is 131 Å². The van der Waals surface area contributed by atoms with Gasteiger partial charge in [0.15, 0.2) is 0 Å². The molecule has 2 rings (SSSR count). The van der Waals surface area contributed by atoms with Gasteiger partial charge in [0.2, 0.25) is 5.91 Å². The summed E-state index contributed by atoms with van der Waals surface area (Å²) in [5, 5.41) is 5.22. The third-order valence-corrected chi connectivity index (χ3v) is 4.91. The molecule has 0 unspecified atom stereocenters. The number of esters is 1. The average Bonchev–Trinajstić information content (AvgIpc) is 3.06. The average molecular weight is 321 g/mol. The zero-order valence-corrected chi connectivity index (χ0v) is 13.6. The highest BCUT2D eigenvalue weighted by atomic mass is 32.1. The normalized spacial score (nSPS) is 10.8. The Balaban J connectivity index is 2.17. The molecule has 110 valence electrons. The van der Waals surface area contributed by atoms with Crippen LogP contribution >= 0.6 is 22.7 Å². The minimum atomic E-state index is -0.436. The van der Waals surface area contributed by atoms with E-state index in [0.717, 1.165) is 15.3 Å². The molecule has 2 aromatic rings. The summed E-state index contributed by atoms with van der Waals surface area (Å²) in [6, 6.07) is 3.84. The molecule has 0 atom stereocenters. The molecule has 0 radical (unpaired) electrons. The molecule has 0 aliphatic carbocycles. The predicted molar refractivity (Wildman–Crippen MR) is 87.1 cm³/mol. The van der Waals surface area contributed by atoms with Crippen LogP contribution in [0.2, 0.25) is 0 Å². The van der Waals surface area contributed by atoms with Gasteiger partial charge < -0.3 is 10.1 Å². The van der Waals surface area contributed by atoms with Gasteiger partial charge in [-0.05, 0) is 36.9 Å². The lowest BCUT2D eigenvalue weighted by Crippen LogP contribution is -2.11. The molecule has 21 heavy (non-hydrogen) atoms. The highest BCUT2D eigenvalue weighted by molar-refractivity contribution is 7.16. The van der Waals surface area contributed by atoms with Gasteiger partial charge in [0.05, 0.1) is 12.7 Å². The van der Waals surface area contributed by atoms with E-state index in [1.807, 2.05) is 31.4 Å². The number of hydrogen-bond acceptors (Lipinski definition) is 5. The number of nitrogens with one attached hydrogen (secondary N) is 1. The predicted octanol–water partition coefficient (Wildman–Crippen LogP) is 3.86. The molecule has 2 heterocycles. The van der Waals surface area contributed by atoms with Crippen molar-refractivity contribution in [1.29, 1.82) is 0 Å². The van der Waals surface area contributed by atoms with Crippen molar-refractivity contribution in [2.75, 3.05) is 12.4 Å². The zero-order valence-electron chi connectivity index (χ0n) is 11.9. The number of rotatable bonds is 4. The number of hydrogen-bond donors (Lipinski definition) is 1. The maximum atomic E-state index is 12.0. The molecule has 0 aromatic carbocycles. The maximum absolute atomic E-state index is 12.0. The summed E-state index contributed by atoms with van der Waals surface area (Å²) in [7, 11) is 1.33. The molecule has 1 N–H and O–H groups in total. The monoisotopic (exact) mass is 321 g/mol. The van der Waals surface area contributed by atoms with Crippen molar-refractivity contribution in [2.24, 2.45) is 0 Å². The van der Waals surface area contributed by atoms with Gasteiger partial charge in [-0.3, -0.25) is 4.79 Å². The van der Waals surface area contributed by atoms with E-state index in [1.165, 1.54) is 24.5 Å². The van der Waals surface area contributed by atoms with E-state index in [1.54, 1.807) is 17.4 Å². The Kier molecular flexibility index (Phi) is 4.93. The lowest BCUT2D eigenvalue weighted by molar-refractivity contribution is -0.111. The molecule has 0 saturated heterocycles. The van der Waals surface area contributed by atoms with Crippen LogP contribution < -0.4 is 5.32 Å². The van der Waals surface area contributed by atoms with E-state index in [9.17, 15) is 9.59 Å². The van der Waals surface area contributed by atoms with Crippen molar-refractivity contribution < 1.29 is 14.3 Å². The summed E-state index contributed by atoms with van der Waals surface area (Å²) in [6.45, 7) is 3.75. The van der Waals surface area contributed by atoms with E-state index in [4.69, 9.17) is 4.74 Å². The van der Waals surface area contributed by atoms with Crippen LogP contribution in [0.3, 0.4) is 0 Å². The Morgan fingerprint density at radius 2 is 2.10 bits per heavy atom. The Morgan fingerprint density at radius 3 is 2.71 bits per heavy atom. The Hall–Kier alpha value is -1.92. The van der Waals surface area contributed by atoms with Crippen LogP contribution in [0.15, 0.2) is 23.6 Å². The molecule has 2 aromatic heterocycles. The number of anilines is 1. The van der Waals surface area contributed by atoms with Gasteiger partial charge in [0, 0.05) is 15.8 Å². The fourth-order valence-electron chi connectivity index (χ4n) is 1.76. The molecular formula is C15H15NO3S2. The van der Waals surface area contributed by atoms with Crippen LogP contribution in [-0.4, -0.2) is 19.0 Å². The summed E-state index contributed by atoms with van der Waals surface area (Å²) in [6.07, 6.45) is 3.20. The van der Waals surface area contributed by atoms with Crippen molar-refractivity contribution in [1.82, 2.24) is 0 Å². The first-order chi connectivity index (χ1) is 10.0. The van der Waals surface area contributed by atoms with Crippen molar-refractivity contribution in [3.05, 3.63) is 44.5 Å². The van der Waals surface area contributed by atoms with Gasteiger partial charge >= 0.3 is 5.97 Å². The van der Waals surface area contributed by atoms with Gasteiger partial charge in [-0.1, -0.05) is 6.07 Å². The molecule has 0 bridgehead atoms. The third-order valence-electron chi connectivity index (χ3n) is 2.95. The minimum absolute atomic E-state index is 0.269. The third kappa shape index (κ3) is 3.59. The molecule has 0 spiro atoms. The summed E-state index contributed by atoms with van der Waals surface area (Å²) in [5.41, 5.74) is 1.27. The second-order valence-electron chi connectivity index (χ2n) is 4.32. The summed E-state index contributed by atoms with van der Waals surface area (Å²) >= 11 is 2.92. The largest absolute Gasteiger partial charge is 0.465 e. The second kappa shape index (κ2) is 6.69. The molecule has 0 fully saturated rings. The van der Waals surface area contributed by atoms with E-state index in [0.29, 0.717) is 10.6 Å². The topological polar surface area (TPSA) is 55.4 Å². The van der Waals surface area contributed by atoms with E-state index >= 15 is 0 Å². The standard InChI is InChI=1S/C15H15NO3S2/c1-9-10(2)21-14(13(9)15(18)19-3)16-12(17)7-6-11-5-4-8-20-11/h4-8H,1-3H3,(H,16,17)/b7-6+. The van der Waals surface area contributed by atoms with Crippen molar-refractivity contribution in [3.8, 4) is 0 Å². The zero-order chi connectivity index (χ0) is 15.4. The fraction of sp³-hybridized carbons (Fsp3) is 0.200. The van der Waals surface area contributed by atoms with Gasteiger partial charge in [-0.15, -0.1) is 22.7 Å². The van der Waals surface area contributed by atoms with E-state index in [2.05, 4.69) is 5.32 Å². The highest BCUT2D eigenvalue weighted by Gasteiger charge is 2.20.